The molecular formula is C22H23NO5. The minimum absolute atomic E-state index is 0.116. The summed E-state index contributed by atoms with van der Waals surface area (Å²) in [6.07, 6.45) is 4.11. The van der Waals surface area contributed by atoms with E-state index < -0.39 is 0 Å². The number of nitrogens with one attached hydrogen (secondary N) is 1. The summed E-state index contributed by atoms with van der Waals surface area (Å²) in [5.74, 6) is 1.32. The van der Waals surface area contributed by atoms with E-state index in [0.29, 0.717) is 23.6 Å². The second-order valence-electron chi connectivity index (χ2n) is 6.82. The normalized spacial score (nSPS) is 16.2. The maximum absolute atomic E-state index is 12.5. The Labute approximate surface area is 163 Å². The zero-order chi connectivity index (χ0) is 19.3. The van der Waals surface area contributed by atoms with Crippen LogP contribution in [0.25, 0.3) is 11.0 Å². The van der Waals surface area contributed by atoms with E-state index in [1.54, 1.807) is 13.4 Å². The summed E-state index contributed by atoms with van der Waals surface area (Å²) in [5, 5.41) is 3.83. The van der Waals surface area contributed by atoms with Gasteiger partial charge in [-0.15, -0.1) is 0 Å². The molecule has 0 bridgehead atoms. The first-order valence-electron chi connectivity index (χ1n) is 9.40. The fourth-order valence-electron chi connectivity index (χ4n) is 3.33. The van der Waals surface area contributed by atoms with E-state index in [0.717, 1.165) is 36.1 Å². The molecule has 6 nitrogen and oxygen atoms in total. The zero-order valence-electron chi connectivity index (χ0n) is 15.8. The largest absolute Gasteiger partial charge is 0.497 e. The molecule has 0 spiro atoms. The number of fused-ring (bicyclic) bond motifs is 1. The molecule has 4 rings (SSSR count). The Morgan fingerprint density at radius 2 is 2.14 bits per heavy atom. The fourth-order valence-corrected chi connectivity index (χ4v) is 3.33. The van der Waals surface area contributed by atoms with E-state index in [1.165, 1.54) is 0 Å². The smallest absolute Gasteiger partial charge is 0.228 e. The highest BCUT2D eigenvalue weighted by Gasteiger charge is 2.16. The monoisotopic (exact) mass is 381 g/mol. The van der Waals surface area contributed by atoms with Gasteiger partial charge in [-0.2, -0.15) is 0 Å². The first kappa shape index (κ1) is 18.4. The summed E-state index contributed by atoms with van der Waals surface area (Å²) >= 11 is 0. The van der Waals surface area contributed by atoms with Crippen molar-refractivity contribution in [3.63, 3.8) is 0 Å². The molecule has 2 heterocycles. The number of methoxy groups -OCH3 is 1. The molecular weight excluding hydrogens is 358 g/mol. The number of benzene rings is 2. The van der Waals surface area contributed by atoms with Crippen LogP contribution in [0.2, 0.25) is 0 Å². The molecule has 1 saturated heterocycles. The van der Waals surface area contributed by atoms with Crippen molar-refractivity contribution in [2.45, 2.75) is 25.4 Å². The van der Waals surface area contributed by atoms with Crippen molar-refractivity contribution in [2.75, 3.05) is 25.6 Å². The van der Waals surface area contributed by atoms with E-state index in [2.05, 4.69) is 5.32 Å². The third-order valence-electron chi connectivity index (χ3n) is 4.79. The molecule has 3 aromatic rings. The predicted octanol–water partition coefficient (Wildman–Crippen LogP) is 4.18. The number of ether oxygens (including phenoxy) is 3. The lowest BCUT2D eigenvalue weighted by Gasteiger charge is -2.12. The van der Waals surface area contributed by atoms with Crippen LogP contribution in [0.5, 0.6) is 11.5 Å². The van der Waals surface area contributed by atoms with Gasteiger partial charge in [-0.05, 0) is 37.1 Å². The predicted molar refractivity (Wildman–Crippen MR) is 106 cm³/mol. The maximum Gasteiger partial charge on any atom is 0.228 e. The number of rotatable bonds is 7. The van der Waals surface area contributed by atoms with Crippen LogP contribution in [0, 0.1) is 0 Å². The van der Waals surface area contributed by atoms with Crippen LogP contribution < -0.4 is 14.8 Å². The molecule has 2 aromatic carbocycles. The van der Waals surface area contributed by atoms with Crippen molar-refractivity contribution in [2.24, 2.45) is 0 Å². The molecule has 146 valence electrons. The second kappa shape index (κ2) is 8.35. The van der Waals surface area contributed by atoms with Crippen molar-refractivity contribution < 1.29 is 23.4 Å². The molecule has 0 saturated carbocycles. The SMILES string of the molecule is COc1ccc2c(CC(=O)Nc3cccc(OCC4CCCO4)c3)coc2c1. The molecule has 28 heavy (non-hydrogen) atoms. The average Bonchev–Trinajstić information content (AvgIpc) is 3.36. The number of anilines is 1. The molecule has 1 aliphatic heterocycles. The van der Waals surface area contributed by atoms with Gasteiger partial charge in [-0.3, -0.25) is 4.79 Å². The number of hydrogen-bond acceptors (Lipinski definition) is 5. The molecule has 1 aromatic heterocycles. The van der Waals surface area contributed by atoms with Gasteiger partial charge in [0.1, 0.15) is 23.7 Å². The third kappa shape index (κ3) is 4.28. The molecule has 0 aliphatic carbocycles. The topological polar surface area (TPSA) is 69.9 Å². The van der Waals surface area contributed by atoms with Crippen LogP contribution >= 0.6 is 0 Å². The zero-order valence-corrected chi connectivity index (χ0v) is 15.8. The molecule has 1 atom stereocenters. The Balaban J connectivity index is 1.37. The van der Waals surface area contributed by atoms with Gasteiger partial charge in [-0.1, -0.05) is 6.07 Å². The first-order valence-corrected chi connectivity index (χ1v) is 9.40. The number of hydrogen-bond donors (Lipinski definition) is 1. The van der Waals surface area contributed by atoms with E-state index in [-0.39, 0.29) is 18.4 Å². The van der Waals surface area contributed by atoms with Crippen LogP contribution in [0.3, 0.4) is 0 Å². The molecule has 1 unspecified atom stereocenters. The summed E-state index contributed by atoms with van der Waals surface area (Å²) < 4.78 is 22.1. The van der Waals surface area contributed by atoms with Gasteiger partial charge in [0.2, 0.25) is 5.91 Å². The molecule has 6 heteroatoms. The van der Waals surface area contributed by atoms with Crippen molar-refractivity contribution in [3.05, 3.63) is 54.3 Å². The van der Waals surface area contributed by atoms with Crippen LogP contribution in [0.1, 0.15) is 18.4 Å². The van der Waals surface area contributed by atoms with Gasteiger partial charge in [0.25, 0.3) is 0 Å². The van der Waals surface area contributed by atoms with E-state index >= 15 is 0 Å². The Morgan fingerprint density at radius 3 is 2.96 bits per heavy atom. The van der Waals surface area contributed by atoms with Crippen molar-refractivity contribution in [1.82, 2.24) is 0 Å². The molecule has 1 amide bonds. The van der Waals surface area contributed by atoms with Crippen LogP contribution in [0.15, 0.2) is 53.1 Å². The van der Waals surface area contributed by atoms with Gasteiger partial charge in [0.05, 0.1) is 25.9 Å². The minimum atomic E-state index is -0.116. The van der Waals surface area contributed by atoms with Crippen molar-refractivity contribution >= 4 is 22.6 Å². The fraction of sp³-hybridized carbons (Fsp3) is 0.318. The molecule has 1 N–H and O–H groups in total. The Hall–Kier alpha value is -2.99. The maximum atomic E-state index is 12.5. The number of amides is 1. The highest BCUT2D eigenvalue weighted by Crippen LogP contribution is 2.26. The van der Waals surface area contributed by atoms with Gasteiger partial charge in [-0.25, -0.2) is 0 Å². The quantitative estimate of drug-likeness (QED) is 0.665. The van der Waals surface area contributed by atoms with Gasteiger partial charge in [0, 0.05) is 35.4 Å². The molecule has 1 fully saturated rings. The van der Waals surface area contributed by atoms with Gasteiger partial charge >= 0.3 is 0 Å². The van der Waals surface area contributed by atoms with Crippen molar-refractivity contribution in [3.8, 4) is 11.5 Å². The number of furan rings is 1. The molecule has 0 radical (unpaired) electrons. The molecule has 1 aliphatic rings. The lowest BCUT2D eigenvalue weighted by molar-refractivity contribution is -0.115. The summed E-state index contributed by atoms with van der Waals surface area (Å²) in [6.45, 7) is 1.33. The second-order valence-corrected chi connectivity index (χ2v) is 6.82. The van der Waals surface area contributed by atoms with E-state index in [1.807, 2.05) is 42.5 Å². The Kier molecular flexibility index (Phi) is 5.48. The lowest BCUT2D eigenvalue weighted by atomic mass is 10.1. The Morgan fingerprint density at radius 1 is 1.21 bits per heavy atom. The van der Waals surface area contributed by atoms with Gasteiger partial charge in [0.15, 0.2) is 0 Å². The van der Waals surface area contributed by atoms with E-state index in [4.69, 9.17) is 18.6 Å². The minimum Gasteiger partial charge on any atom is -0.497 e. The average molecular weight is 381 g/mol. The number of carbonyl (C=O) groups is 1. The van der Waals surface area contributed by atoms with Crippen LogP contribution in [0.4, 0.5) is 5.69 Å². The lowest BCUT2D eigenvalue weighted by Crippen LogP contribution is -2.17. The summed E-state index contributed by atoms with van der Waals surface area (Å²) in [7, 11) is 1.61. The standard InChI is InChI=1S/C22H23NO5/c1-25-17-7-8-20-15(13-28-21(20)12-17)10-22(24)23-16-4-2-5-18(11-16)27-14-19-6-3-9-26-19/h2,4-5,7-8,11-13,19H,3,6,9-10,14H2,1H3,(H,23,24). The van der Waals surface area contributed by atoms with Gasteiger partial charge < -0.3 is 23.9 Å². The number of carbonyl (C=O) groups excluding carboxylic acids is 1. The summed E-state index contributed by atoms with van der Waals surface area (Å²) in [5.41, 5.74) is 2.23. The highest BCUT2D eigenvalue weighted by atomic mass is 16.5. The summed E-state index contributed by atoms with van der Waals surface area (Å²) in [6, 6.07) is 13.0. The third-order valence-corrected chi connectivity index (χ3v) is 4.79. The van der Waals surface area contributed by atoms with Crippen LogP contribution in [-0.4, -0.2) is 32.3 Å². The summed E-state index contributed by atoms with van der Waals surface area (Å²) in [4.78, 5) is 12.5. The van der Waals surface area contributed by atoms with E-state index in [9.17, 15) is 4.79 Å². The first-order chi connectivity index (χ1) is 13.7. The van der Waals surface area contributed by atoms with Crippen molar-refractivity contribution in [1.29, 1.82) is 0 Å². The highest BCUT2D eigenvalue weighted by molar-refractivity contribution is 5.95. The van der Waals surface area contributed by atoms with Crippen LogP contribution in [-0.2, 0) is 16.0 Å². The Bertz CT molecular complexity index is 958.